The number of alkyl halides is 3. The fraction of sp³-hybridized carbons (Fsp3) is 0.483. The molecule has 3 aromatic rings. The molecule has 0 aliphatic carbocycles. The minimum Gasteiger partial charge on any atom is -0.497 e. The van der Waals surface area contributed by atoms with Crippen LogP contribution in [0.2, 0.25) is 0 Å². The summed E-state index contributed by atoms with van der Waals surface area (Å²) in [6, 6.07) is 16.3. The lowest BCUT2D eigenvalue weighted by molar-refractivity contribution is -0.192. The fourth-order valence-electron chi connectivity index (χ4n) is 5.66. The number of aliphatic hydroxyl groups is 1. The van der Waals surface area contributed by atoms with Gasteiger partial charge in [0.25, 0.3) is 0 Å². The number of aromatic amines is 1. The predicted molar refractivity (Wildman–Crippen MR) is 145 cm³/mol. The molecule has 1 unspecified atom stereocenters. The van der Waals surface area contributed by atoms with E-state index in [0.717, 1.165) is 56.0 Å². The van der Waals surface area contributed by atoms with Crippen molar-refractivity contribution in [1.29, 1.82) is 0 Å². The van der Waals surface area contributed by atoms with E-state index < -0.39 is 17.7 Å². The van der Waals surface area contributed by atoms with E-state index in [4.69, 9.17) is 19.4 Å². The van der Waals surface area contributed by atoms with Crippen LogP contribution in [0.1, 0.15) is 31.5 Å². The number of fused-ring (bicyclic) bond motifs is 4. The fourth-order valence-corrected chi connectivity index (χ4v) is 5.66. The second kappa shape index (κ2) is 11.7. The maximum atomic E-state index is 10.7. The van der Waals surface area contributed by atoms with Crippen molar-refractivity contribution in [2.75, 3.05) is 46.4 Å². The van der Waals surface area contributed by atoms with Gasteiger partial charge in [-0.25, -0.2) is 4.79 Å². The van der Waals surface area contributed by atoms with Gasteiger partial charge in [-0.05, 0) is 62.6 Å². The molecule has 1 atom stereocenters. The summed E-state index contributed by atoms with van der Waals surface area (Å²) in [5.41, 5.74) is 3.00. The van der Waals surface area contributed by atoms with Crippen molar-refractivity contribution >= 4 is 16.9 Å². The highest BCUT2D eigenvalue weighted by Crippen LogP contribution is 2.45. The molecule has 1 spiro atoms. The summed E-state index contributed by atoms with van der Waals surface area (Å²) >= 11 is 0. The first-order valence-corrected chi connectivity index (χ1v) is 13.2. The highest BCUT2D eigenvalue weighted by atomic mass is 19.4. The van der Waals surface area contributed by atoms with Crippen LogP contribution in [0.5, 0.6) is 11.5 Å². The Kier molecular flexibility index (Phi) is 8.67. The Morgan fingerprint density at radius 1 is 1.10 bits per heavy atom. The van der Waals surface area contributed by atoms with Crippen molar-refractivity contribution in [3.63, 3.8) is 0 Å². The Hall–Kier alpha value is -3.28. The van der Waals surface area contributed by atoms with Gasteiger partial charge in [-0.15, -0.1) is 0 Å². The quantitative estimate of drug-likeness (QED) is 0.392. The van der Waals surface area contributed by atoms with Gasteiger partial charge in [0.1, 0.15) is 18.1 Å². The largest absolute Gasteiger partial charge is 0.497 e. The molecular formula is C29H36F3N3O5. The number of carbonyl (C=O) groups is 1. The SMILES string of the molecule is COc1ccc2[nH]c3c(c2c1)CCN(CC(C)(C)O)C31CCN(CCOc2ccccc2)C1.O=C(O)C(F)(F)F. The summed E-state index contributed by atoms with van der Waals surface area (Å²) in [5.74, 6) is -0.949. The highest BCUT2D eigenvalue weighted by molar-refractivity contribution is 5.87. The molecule has 2 aromatic carbocycles. The minimum atomic E-state index is -5.08. The second-order valence-electron chi connectivity index (χ2n) is 10.9. The lowest BCUT2D eigenvalue weighted by Gasteiger charge is -2.47. The van der Waals surface area contributed by atoms with Gasteiger partial charge < -0.3 is 24.7 Å². The molecular weight excluding hydrogens is 527 g/mol. The number of rotatable bonds is 7. The van der Waals surface area contributed by atoms with Crippen LogP contribution in [0.25, 0.3) is 10.9 Å². The van der Waals surface area contributed by atoms with Gasteiger partial charge in [-0.1, -0.05) is 18.2 Å². The van der Waals surface area contributed by atoms with Gasteiger partial charge >= 0.3 is 12.1 Å². The van der Waals surface area contributed by atoms with Crippen molar-refractivity contribution in [1.82, 2.24) is 14.8 Å². The molecule has 0 radical (unpaired) electrons. The van der Waals surface area contributed by atoms with Crippen LogP contribution >= 0.6 is 0 Å². The van der Waals surface area contributed by atoms with Crippen LogP contribution in [0.4, 0.5) is 13.2 Å². The lowest BCUT2D eigenvalue weighted by Crippen LogP contribution is -2.56. The predicted octanol–water partition coefficient (Wildman–Crippen LogP) is 4.42. The van der Waals surface area contributed by atoms with Crippen molar-refractivity contribution in [2.24, 2.45) is 0 Å². The number of benzene rings is 2. The van der Waals surface area contributed by atoms with E-state index >= 15 is 0 Å². The number of carboxylic acid groups (broad SMARTS) is 1. The van der Waals surface area contributed by atoms with Crippen LogP contribution in [0, 0.1) is 0 Å². The van der Waals surface area contributed by atoms with E-state index in [0.29, 0.717) is 13.2 Å². The summed E-state index contributed by atoms with van der Waals surface area (Å²) in [7, 11) is 1.72. The first-order chi connectivity index (χ1) is 18.8. The third-order valence-electron chi connectivity index (χ3n) is 7.38. The van der Waals surface area contributed by atoms with Crippen molar-refractivity contribution < 1.29 is 37.7 Å². The number of carboxylic acids is 1. The van der Waals surface area contributed by atoms with E-state index in [-0.39, 0.29) is 5.54 Å². The Labute approximate surface area is 231 Å². The molecule has 218 valence electrons. The summed E-state index contributed by atoms with van der Waals surface area (Å²) in [6.07, 6.45) is -3.08. The summed E-state index contributed by atoms with van der Waals surface area (Å²) in [5, 5.41) is 19.1. The number of hydrogen-bond acceptors (Lipinski definition) is 6. The lowest BCUT2D eigenvalue weighted by atomic mass is 9.83. The van der Waals surface area contributed by atoms with Crippen molar-refractivity contribution in [3.05, 3.63) is 59.8 Å². The zero-order valence-corrected chi connectivity index (χ0v) is 22.9. The van der Waals surface area contributed by atoms with Gasteiger partial charge in [0.2, 0.25) is 0 Å². The topological polar surface area (TPSA) is 98.3 Å². The number of para-hydroxylation sites is 1. The monoisotopic (exact) mass is 563 g/mol. The number of H-pyrrole nitrogens is 1. The van der Waals surface area contributed by atoms with Crippen LogP contribution < -0.4 is 9.47 Å². The van der Waals surface area contributed by atoms with Crippen molar-refractivity contribution in [3.8, 4) is 11.5 Å². The van der Waals surface area contributed by atoms with Gasteiger partial charge in [-0.2, -0.15) is 13.2 Å². The number of nitrogens with one attached hydrogen (secondary N) is 1. The number of hydrogen-bond donors (Lipinski definition) is 3. The van der Waals surface area contributed by atoms with Gasteiger partial charge in [0.15, 0.2) is 0 Å². The summed E-state index contributed by atoms with van der Waals surface area (Å²) in [6.45, 7) is 8.91. The minimum absolute atomic E-state index is 0.132. The Morgan fingerprint density at radius 2 is 1.80 bits per heavy atom. The van der Waals surface area contributed by atoms with Gasteiger partial charge in [-0.3, -0.25) is 9.80 Å². The first-order valence-electron chi connectivity index (χ1n) is 13.2. The number of ether oxygens (including phenoxy) is 2. The third-order valence-corrected chi connectivity index (χ3v) is 7.38. The molecule has 5 rings (SSSR count). The highest BCUT2D eigenvalue weighted by Gasteiger charge is 2.49. The number of halogens is 3. The van der Waals surface area contributed by atoms with Crippen LogP contribution in [-0.4, -0.2) is 89.2 Å². The van der Waals surface area contributed by atoms with E-state index in [2.05, 4.69) is 26.9 Å². The summed E-state index contributed by atoms with van der Waals surface area (Å²) in [4.78, 5) is 17.7. The smallest absolute Gasteiger partial charge is 0.490 e. The third kappa shape index (κ3) is 6.71. The maximum Gasteiger partial charge on any atom is 0.490 e. The molecule has 8 nitrogen and oxygen atoms in total. The molecule has 3 N–H and O–H groups in total. The molecule has 40 heavy (non-hydrogen) atoms. The molecule has 3 heterocycles. The average molecular weight is 564 g/mol. The van der Waals surface area contributed by atoms with E-state index in [9.17, 15) is 18.3 Å². The number of aromatic nitrogens is 1. The molecule has 1 fully saturated rings. The van der Waals surface area contributed by atoms with E-state index in [1.165, 1.54) is 16.6 Å². The van der Waals surface area contributed by atoms with E-state index in [1.807, 2.05) is 50.2 Å². The standard InChI is InChI=1S/C27H35N3O3.C2HF3O2/c1-26(2,31)18-30-13-11-22-23-17-21(32-3)9-10-24(23)28-25(22)27(30)12-14-29(19-27)15-16-33-20-7-5-4-6-8-20;3-2(4,5)1(6)7/h4-10,17,28,31H,11-16,18-19H2,1-3H3;(H,6,7). The number of nitrogens with zero attached hydrogens (tertiary/aromatic N) is 2. The summed E-state index contributed by atoms with van der Waals surface area (Å²) < 4.78 is 43.2. The Bertz CT molecular complexity index is 1310. The number of β-amino-alcohol motifs (C(OH)–C–C–N with tert-alkyl or cyclic N) is 1. The van der Waals surface area contributed by atoms with Crippen LogP contribution in [-0.2, 0) is 16.8 Å². The molecule has 1 saturated heterocycles. The number of likely N-dealkylation sites (tertiary alicyclic amines) is 1. The van der Waals surface area contributed by atoms with E-state index in [1.54, 1.807) is 7.11 Å². The van der Waals surface area contributed by atoms with Gasteiger partial charge in [0.05, 0.1) is 18.2 Å². The Morgan fingerprint density at radius 3 is 2.42 bits per heavy atom. The number of aliphatic carboxylic acids is 1. The molecule has 1 aromatic heterocycles. The molecule has 11 heteroatoms. The zero-order chi connectivity index (χ0) is 29.1. The molecule has 0 amide bonds. The van der Waals surface area contributed by atoms with Crippen LogP contribution in [0.15, 0.2) is 48.5 Å². The second-order valence-corrected chi connectivity index (χ2v) is 10.9. The average Bonchev–Trinajstić information content (AvgIpc) is 3.48. The molecule has 0 bridgehead atoms. The number of methoxy groups -OCH3 is 1. The first kappa shape index (κ1) is 29.7. The van der Waals surface area contributed by atoms with Gasteiger partial charge in [0, 0.05) is 49.3 Å². The maximum absolute atomic E-state index is 10.7. The zero-order valence-electron chi connectivity index (χ0n) is 22.9. The molecule has 2 aliphatic heterocycles. The molecule has 0 saturated carbocycles. The molecule has 2 aliphatic rings. The van der Waals surface area contributed by atoms with Crippen LogP contribution in [0.3, 0.4) is 0 Å². The van der Waals surface area contributed by atoms with Crippen molar-refractivity contribution in [2.45, 2.75) is 44.0 Å². The normalized spacial score (nSPS) is 19.8. The Balaban J connectivity index is 0.000000470.